The molecule has 1 unspecified atom stereocenters. The molecule has 1 saturated heterocycles. The molecule has 6 nitrogen and oxygen atoms in total. The third-order valence-corrected chi connectivity index (χ3v) is 5.88. The van der Waals surface area contributed by atoms with Crippen LogP contribution < -0.4 is 4.90 Å². The maximum absolute atomic E-state index is 11.1. The Hall–Kier alpha value is -2.57. The van der Waals surface area contributed by atoms with Crippen molar-refractivity contribution in [3.8, 4) is 11.1 Å². The predicted molar refractivity (Wildman–Crippen MR) is 114 cm³/mol. The first-order chi connectivity index (χ1) is 14.0. The van der Waals surface area contributed by atoms with Crippen molar-refractivity contribution in [1.29, 1.82) is 0 Å². The molecule has 1 aromatic carbocycles. The number of ether oxygens (including phenoxy) is 1. The van der Waals surface area contributed by atoms with Crippen LogP contribution in [0.1, 0.15) is 24.0 Å². The van der Waals surface area contributed by atoms with Gasteiger partial charge in [-0.25, -0.2) is 4.52 Å². The highest BCUT2D eigenvalue weighted by Crippen LogP contribution is 2.36. The lowest BCUT2D eigenvalue weighted by Gasteiger charge is -2.34. The Balaban J connectivity index is 1.71. The molecule has 0 aliphatic carbocycles. The van der Waals surface area contributed by atoms with Gasteiger partial charge in [0, 0.05) is 43.2 Å². The van der Waals surface area contributed by atoms with Gasteiger partial charge in [-0.3, -0.25) is 4.79 Å². The fraction of sp³-hybridized carbons (Fsp3) is 0.364. The molecule has 0 radical (unpaired) electrons. The van der Waals surface area contributed by atoms with E-state index in [2.05, 4.69) is 23.0 Å². The number of piperidine rings is 1. The molecule has 0 spiro atoms. The molecule has 1 fully saturated rings. The summed E-state index contributed by atoms with van der Waals surface area (Å²) >= 11 is 6.73. The average Bonchev–Trinajstić information content (AvgIpc) is 3.09. The van der Waals surface area contributed by atoms with Crippen LogP contribution in [-0.2, 0) is 16.0 Å². The van der Waals surface area contributed by atoms with Gasteiger partial charge in [-0.05, 0) is 55.2 Å². The zero-order valence-corrected chi connectivity index (χ0v) is 17.3. The Morgan fingerprint density at radius 1 is 1.38 bits per heavy atom. The highest BCUT2D eigenvalue weighted by molar-refractivity contribution is 6.33. The van der Waals surface area contributed by atoms with Gasteiger partial charge >= 0.3 is 5.97 Å². The number of hydrogen-bond acceptors (Lipinski definition) is 4. The van der Waals surface area contributed by atoms with Gasteiger partial charge in [-0.1, -0.05) is 11.6 Å². The Morgan fingerprint density at radius 2 is 2.21 bits per heavy atom. The van der Waals surface area contributed by atoms with E-state index in [4.69, 9.17) is 21.4 Å². The van der Waals surface area contributed by atoms with E-state index in [9.17, 15) is 4.79 Å². The second-order valence-corrected chi connectivity index (χ2v) is 7.96. The van der Waals surface area contributed by atoms with Crippen LogP contribution in [0.15, 0.2) is 36.7 Å². The molecule has 152 valence electrons. The van der Waals surface area contributed by atoms with Crippen molar-refractivity contribution in [2.75, 3.05) is 25.1 Å². The van der Waals surface area contributed by atoms with Crippen LogP contribution >= 0.6 is 11.6 Å². The van der Waals surface area contributed by atoms with Crippen LogP contribution in [0.3, 0.4) is 0 Å². The van der Waals surface area contributed by atoms with Gasteiger partial charge in [-0.15, -0.1) is 0 Å². The van der Waals surface area contributed by atoms with Gasteiger partial charge in [0.15, 0.2) is 0 Å². The molecule has 7 heteroatoms. The first-order valence-electron chi connectivity index (χ1n) is 9.72. The summed E-state index contributed by atoms with van der Waals surface area (Å²) in [5.41, 5.74) is 5.56. The number of fused-ring (bicyclic) bond motifs is 1. The Bertz CT molecular complexity index is 1040. The number of aryl methyl sites for hydroxylation is 1. The van der Waals surface area contributed by atoms with Crippen molar-refractivity contribution in [3.05, 3.63) is 52.8 Å². The van der Waals surface area contributed by atoms with Crippen molar-refractivity contribution in [2.24, 2.45) is 0 Å². The van der Waals surface area contributed by atoms with E-state index in [1.807, 2.05) is 24.4 Å². The molecule has 29 heavy (non-hydrogen) atoms. The summed E-state index contributed by atoms with van der Waals surface area (Å²) < 4.78 is 7.24. The van der Waals surface area contributed by atoms with Crippen LogP contribution in [0.5, 0.6) is 0 Å². The summed E-state index contributed by atoms with van der Waals surface area (Å²) in [6.45, 7) is 3.92. The Morgan fingerprint density at radius 3 is 2.93 bits per heavy atom. The van der Waals surface area contributed by atoms with Crippen LogP contribution in [-0.4, -0.2) is 47.0 Å². The number of carboxylic acids is 1. The molecule has 4 rings (SSSR count). The molecule has 0 bridgehead atoms. The van der Waals surface area contributed by atoms with Crippen LogP contribution in [0.2, 0.25) is 5.02 Å². The minimum Gasteiger partial charge on any atom is -0.481 e. The van der Waals surface area contributed by atoms with Gasteiger partial charge in [0.05, 0.1) is 29.3 Å². The lowest BCUT2D eigenvalue weighted by Crippen LogP contribution is -2.39. The number of aromatic nitrogens is 2. The number of nitrogens with zero attached hydrogens (tertiary/aromatic N) is 3. The monoisotopic (exact) mass is 413 g/mol. The molecule has 0 amide bonds. The minimum absolute atomic E-state index is 0.0613. The van der Waals surface area contributed by atoms with Crippen molar-refractivity contribution < 1.29 is 14.6 Å². The third kappa shape index (κ3) is 3.95. The number of rotatable bonds is 5. The number of halogens is 1. The number of anilines is 1. The molecular weight excluding hydrogens is 390 g/mol. The second-order valence-electron chi connectivity index (χ2n) is 7.55. The molecule has 1 N–H and O–H groups in total. The van der Waals surface area contributed by atoms with E-state index in [-0.39, 0.29) is 12.5 Å². The molecule has 1 atom stereocenters. The van der Waals surface area contributed by atoms with Crippen molar-refractivity contribution in [1.82, 2.24) is 9.61 Å². The zero-order chi connectivity index (χ0) is 20.5. The van der Waals surface area contributed by atoms with Crippen molar-refractivity contribution >= 4 is 28.8 Å². The predicted octanol–water partition coefficient (Wildman–Crippen LogP) is 4.21. The molecule has 1 aliphatic heterocycles. The number of carbonyl (C=O) groups is 1. The number of carboxylic acid groups (broad SMARTS) is 1. The summed E-state index contributed by atoms with van der Waals surface area (Å²) in [5, 5.41) is 14.1. The smallest absolute Gasteiger partial charge is 0.307 e. The highest BCUT2D eigenvalue weighted by Gasteiger charge is 2.21. The Kier molecular flexibility index (Phi) is 5.48. The van der Waals surface area contributed by atoms with Crippen LogP contribution in [0, 0.1) is 6.92 Å². The first-order valence-corrected chi connectivity index (χ1v) is 10.1. The summed E-state index contributed by atoms with van der Waals surface area (Å²) in [7, 11) is 1.76. The van der Waals surface area contributed by atoms with Gasteiger partial charge in [-0.2, -0.15) is 5.10 Å². The van der Waals surface area contributed by atoms with E-state index < -0.39 is 5.97 Å². The van der Waals surface area contributed by atoms with E-state index in [0.29, 0.717) is 10.6 Å². The van der Waals surface area contributed by atoms with Crippen molar-refractivity contribution in [3.63, 3.8) is 0 Å². The number of aliphatic carboxylic acids is 1. The van der Waals surface area contributed by atoms with Crippen molar-refractivity contribution in [2.45, 2.75) is 32.3 Å². The topological polar surface area (TPSA) is 67.1 Å². The average molecular weight is 414 g/mol. The first kappa shape index (κ1) is 19.7. The highest BCUT2D eigenvalue weighted by atomic mass is 35.5. The van der Waals surface area contributed by atoms with Gasteiger partial charge in [0.2, 0.25) is 0 Å². The number of pyridine rings is 1. The fourth-order valence-electron chi connectivity index (χ4n) is 4.13. The van der Waals surface area contributed by atoms with E-state index in [1.54, 1.807) is 17.8 Å². The normalized spacial score (nSPS) is 17.1. The Labute approximate surface area is 174 Å². The number of hydrogen-bond donors (Lipinski definition) is 1. The summed E-state index contributed by atoms with van der Waals surface area (Å²) in [6, 6.07) is 8.10. The molecule has 1 aliphatic rings. The van der Waals surface area contributed by atoms with Gasteiger partial charge in [0.1, 0.15) is 0 Å². The molecule has 2 aromatic heterocycles. The lowest BCUT2D eigenvalue weighted by atomic mass is 9.98. The van der Waals surface area contributed by atoms with E-state index in [1.165, 1.54) is 0 Å². The molecule has 0 saturated carbocycles. The second kappa shape index (κ2) is 8.05. The largest absolute Gasteiger partial charge is 0.481 e. The SMILES string of the molecule is COC1CCCN(c2cc(C)c(-c3ccn4ncc(CC(=O)O)c4c3)c(Cl)c2)C1. The zero-order valence-electron chi connectivity index (χ0n) is 16.6. The standard InChI is InChI=1S/C22H24ClN3O3/c1-14-8-17(25-6-3-4-18(13-25)29-2)11-19(23)22(14)15-5-7-26-20(9-15)16(12-24-26)10-21(27)28/h5,7-9,11-12,18H,3-4,6,10,13H2,1-2H3,(H,27,28). The maximum Gasteiger partial charge on any atom is 0.307 e. The molecule has 3 aromatic rings. The molecule has 3 heterocycles. The summed E-state index contributed by atoms with van der Waals surface area (Å²) in [5.74, 6) is -0.875. The minimum atomic E-state index is -0.875. The van der Waals surface area contributed by atoms with Crippen LogP contribution in [0.25, 0.3) is 16.6 Å². The lowest BCUT2D eigenvalue weighted by molar-refractivity contribution is -0.136. The van der Waals surface area contributed by atoms with E-state index in [0.717, 1.165) is 53.8 Å². The summed E-state index contributed by atoms with van der Waals surface area (Å²) in [6.07, 6.45) is 5.82. The van der Waals surface area contributed by atoms with E-state index >= 15 is 0 Å². The third-order valence-electron chi connectivity index (χ3n) is 5.58. The maximum atomic E-state index is 11.1. The quantitative estimate of drug-likeness (QED) is 0.678. The number of benzene rings is 1. The molecular formula is C22H24ClN3O3. The fourth-order valence-corrected chi connectivity index (χ4v) is 4.50. The van der Waals surface area contributed by atoms with Crippen LogP contribution in [0.4, 0.5) is 5.69 Å². The van der Waals surface area contributed by atoms with Gasteiger partial charge < -0.3 is 14.7 Å². The number of methoxy groups -OCH3 is 1. The van der Waals surface area contributed by atoms with Gasteiger partial charge in [0.25, 0.3) is 0 Å². The summed E-state index contributed by atoms with van der Waals surface area (Å²) in [4.78, 5) is 13.5.